The van der Waals surface area contributed by atoms with Crippen molar-refractivity contribution >= 4 is 0 Å². The van der Waals surface area contributed by atoms with Crippen molar-refractivity contribution in [3.63, 3.8) is 0 Å². The zero-order chi connectivity index (χ0) is 11.1. The lowest BCUT2D eigenvalue weighted by molar-refractivity contribution is 0.410. The Bertz CT molecular complexity index is 302. The second-order valence-corrected chi connectivity index (χ2v) is 3.56. The molecule has 0 aromatic heterocycles. The van der Waals surface area contributed by atoms with Gasteiger partial charge >= 0.3 is 0 Å². The Morgan fingerprint density at radius 2 is 2.07 bits per heavy atom. The first kappa shape index (κ1) is 12.0. The molecule has 0 fully saturated rings. The van der Waals surface area contributed by atoms with Crippen molar-refractivity contribution in [3.05, 3.63) is 29.6 Å². The van der Waals surface area contributed by atoms with Gasteiger partial charge in [0.1, 0.15) is 11.6 Å². The Balaban J connectivity index is 2.47. The summed E-state index contributed by atoms with van der Waals surface area (Å²) < 4.78 is 18.4. The molecule has 1 aromatic rings. The van der Waals surface area contributed by atoms with Crippen LogP contribution in [-0.2, 0) is 6.42 Å². The van der Waals surface area contributed by atoms with Gasteiger partial charge in [0.05, 0.1) is 7.11 Å². The molecule has 3 heteroatoms. The first-order valence-corrected chi connectivity index (χ1v) is 5.30. The lowest BCUT2D eigenvalue weighted by Gasteiger charge is -2.05. The van der Waals surface area contributed by atoms with Crippen LogP contribution in [0.2, 0.25) is 0 Å². The zero-order valence-electron chi connectivity index (χ0n) is 9.13. The van der Waals surface area contributed by atoms with Gasteiger partial charge in [0.2, 0.25) is 0 Å². The number of hydrogen-bond acceptors (Lipinski definition) is 2. The predicted molar refractivity (Wildman–Crippen MR) is 59.6 cm³/mol. The highest BCUT2D eigenvalue weighted by atomic mass is 19.1. The number of unbranched alkanes of at least 4 members (excludes halogenated alkanes) is 2. The van der Waals surface area contributed by atoms with Crippen LogP contribution in [0.25, 0.3) is 0 Å². The lowest BCUT2D eigenvalue weighted by atomic mass is 10.1. The lowest BCUT2D eigenvalue weighted by Crippen LogP contribution is -1.99. The molecule has 0 amide bonds. The van der Waals surface area contributed by atoms with Crippen LogP contribution in [0.5, 0.6) is 5.75 Å². The van der Waals surface area contributed by atoms with Gasteiger partial charge in [-0.2, -0.15) is 0 Å². The van der Waals surface area contributed by atoms with E-state index in [0.29, 0.717) is 12.3 Å². The van der Waals surface area contributed by atoms with Crippen LogP contribution in [0.1, 0.15) is 24.8 Å². The maximum Gasteiger partial charge on any atom is 0.130 e. The summed E-state index contributed by atoms with van der Waals surface area (Å²) in [6.45, 7) is 0.713. The minimum Gasteiger partial charge on any atom is -0.497 e. The first-order valence-electron chi connectivity index (χ1n) is 5.30. The van der Waals surface area contributed by atoms with Crippen LogP contribution in [-0.4, -0.2) is 13.7 Å². The summed E-state index contributed by atoms with van der Waals surface area (Å²) in [7, 11) is 1.54. The smallest absolute Gasteiger partial charge is 0.130 e. The van der Waals surface area contributed by atoms with E-state index in [4.69, 9.17) is 10.5 Å². The number of ether oxygens (including phenoxy) is 1. The third-order valence-corrected chi connectivity index (χ3v) is 2.41. The molecular weight excluding hydrogens is 193 g/mol. The molecule has 0 heterocycles. The summed E-state index contributed by atoms with van der Waals surface area (Å²) in [6, 6.07) is 5.01. The molecule has 0 bridgehead atoms. The molecule has 0 radical (unpaired) electrons. The number of methoxy groups -OCH3 is 1. The maximum atomic E-state index is 13.4. The highest BCUT2D eigenvalue weighted by Gasteiger charge is 2.03. The molecule has 2 nitrogen and oxygen atoms in total. The van der Waals surface area contributed by atoms with E-state index in [1.54, 1.807) is 12.1 Å². The predicted octanol–water partition coefficient (Wildman–Crippen LogP) is 2.51. The zero-order valence-corrected chi connectivity index (χ0v) is 9.13. The second-order valence-electron chi connectivity index (χ2n) is 3.56. The van der Waals surface area contributed by atoms with Crippen molar-refractivity contribution in [2.45, 2.75) is 25.7 Å². The third-order valence-electron chi connectivity index (χ3n) is 2.41. The third kappa shape index (κ3) is 3.88. The maximum absolute atomic E-state index is 13.4. The number of halogens is 1. The van der Waals surface area contributed by atoms with Gasteiger partial charge in [0.25, 0.3) is 0 Å². The minimum absolute atomic E-state index is 0.179. The van der Waals surface area contributed by atoms with Crippen LogP contribution < -0.4 is 10.5 Å². The fourth-order valence-corrected chi connectivity index (χ4v) is 1.49. The fraction of sp³-hybridized carbons (Fsp3) is 0.500. The van der Waals surface area contributed by atoms with Crippen molar-refractivity contribution in [2.75, 3.05) is 13.7 Å². The molecule has 0 aliphatic rings. The Labute approximate surface area is 90.2 Å². The highest BCUT2D eigenvalue weighted by molar-refractivity contribution is 5.28. The molecule has 0 saturated heterocycles. The monoisotopic (exact) mass is 211 g/mol. The van der Waals surface area contributed by atoms with E-state index in [1.165, 1.54) is 13.2 Å². The summed E-state index contributed by atoms with van der Waals surface area (Å²) in [5.41, 5.74) is 6.14. The molecule has 1 rings (SSSR count). The Morgan fingerprint density at radius 1 is 1.27 bits per heavy atom. The molecule has 2 N–H and O–H groups in total. The van der Waals surface area contributed by atoms with Gasteiger partial charge in [-0.05, 0) is 37.4 Å². The molecule has 0 saturated carbocycles. The fourth-order valence-electron chi connectivity index (χ4n) is 1.49. The van der Waals surface area contributed by atoms with Crippen LogP contribution >= 0.6 is 0 Å². The van der Waals surface area contributed by atoms with Gasteiger partial charge in [-0.3, -0.25) is 0 Å². The minimum atomic E-state index is -0.179. The number of nitrogens with two attached hydrogens (primary N) is 1. The van der Waals surface area contributed by atoms with Crippen LogP contribution in [0.15, 0.2) is 18.2 Å². The van der Waals surface area contributed by atoms with Crippen molar-refractivity contribution in [1.29, 1.82) is 0 Å². The first-order chi connectivity index (χ1) is 7.27. The average Bonchev–Trinajstić information content (AvgIpc) is 2.26. The number of benzene rings is 1. The SMILES string of the molecule is COc1ccc(CCCCCN)c(F)c1. The summed E-state index contributed by atoms with van der Waals surface area (Å²) >= 11 is 0. The summed E-state index contributed by atoms with van der Waals surface area (Å²) in [6.07, 6.45) is 3.83. The molecular formula is C12H18FNO. The molecule has 0 spiro atoms. The number of aryl methyl sites for hydroxylation is 1. The largest absolute Gasteiger partial charge is 0.497 e. The van der Waals surface area contributed by atoms with Gasteiger partial charge in [-0.25, -0.2) is 4.39 Å². The van der Waals surface area contributed by atoms with Gasteiger partial charge in [-0.1, -0.05) is 12.5 Å². The molecule has 0 aliphatic carbocycles. The summed E-state index contributed by atoms with van der Waals surface area (Å²) in [5, 5.41) is 0. The molecule has 84 valence electrons. The van der Waals surface area contributed by atoms with E-state index < -0.39 is 0 Å². The molecule has 0 unspecified atom stereocenters. The molecule has 0 aliphatic heterocycles. The van der Waals surface area contributed by atoms with E-state index in [1.807, 2.05) is 0 Å². The van der Waals surface area contributed by atoms with Crippen molar-refractivity contribution < 1.29 is 9.13 Å². The topological polar surface area (TPSA) is 35.2 Å². The van der Waals surface area contributed by atoms with E-state index >= 15 is 0 Å². The van der Waals surface area contributed by atoms with Gasteiger partial charge in [0, 0.05) is 6.07 Å². The van der Waals surface area contributed by atoms with Crippen molar-refractivity contribution in [3.8, 4) is 5.75 Å². The van der Waals surface area contributed by atoms with E-state index in [-0.39, 0.29) is 5.82 Å². The van der Waals surface area contributed by atoms with Gasteiger partial charge in [0.15, 0.2) is 0 Å². The van der Waals surface area contributed by atoms with Crippen molar-refractivity contribution in [2.24, 2.45) is 5.73 Å². The van der Waals surface area contributed by atoms with Crippen LogP contribution in [0.3, 0.4) is 0 Å². The normalized spacial score (nSPS) is 10.3. The summed E-state index contributed by atoms with van der Waals surface area (Å²) in [5.74, 6) is 0.389. The van der Waals surface area contributed by atoms with E-state index in [0.717, 1.165) is 31.2 Å². The molecule has 1 aromatic carbocycles. The molecule has 15 heavy (non-hydrogen) atoms. The van der Waals surface area contributed by atoms with Crippen molar-refractivity contribution in [1.82, 2.24) is 0 Å². The average molecular weight is 211 g/mol. The summed E-state index contributed by atoms with van der Waals surface area (Å²) in [4.78, 5) is 0. The van der Waals surface area contributed by atoms with Gasteiger partial charge < -0.3 is 10.5 Å². The van der Waals surface area contributed by atoms with Crippen LogP contribution in [0.4, 0.5) is 4.39 Å². The number of rotatable bonds is 6. The highest BCUT2D eigenvalue weighted by Crippen LogP contribution is 2.17. The second kappa shape index (κ2) is 6.40. The Hall–Kier alpha value is -1.09. The quantitative estimate of drug-likeness (QED) is 0.734. The molecule has 0 atom stereocenters. The van der Waals surface area contributed by atoms with E-state index in [9.17, 15) is 4.39 Å². The van der Waals surface area contributed by atoms with E-state index in [2.05, 4.69) is 0 Å². The van der Waals surface area contributed by atoms with Crippen LogP contribution in [0, 0.1) is 5.82 Å². The Morgan fingerprint density at radius 3 is 2.67 bits per heavy atom. The van der Waals surface area contributed by atoms with Gasteiger partial charge in [-0.15, -0.1) is 0 Å². The Kier molecular flexibility index (Phi) is 5.12. The number of hydrogen-bond donors (Lipinski definition) is 1. The standard InChI is InChI=1S/C12H18FNO/c1-15-11-7-6-10(12(13)9-11)5-3-2-4-8-14/h6-7,9H,2-5,8,14H2,1H3.